The second-order valence-corrected chi connectivity index (χ2v) is 8.82. The highest BCUT2D eigenvalue weighted by Crippen LogP contribution is 2.43. The molecule has 0 bridgehead atoms. The first-order valence-corrected chi connectivity index (χ1v) is 11.3. The van der Waals surface area contributed by atoms with Crippen LogP contribution in [0.5, 0.6) is 5.75 Å². The molecule has 3 aromatic rings. The summed E-state index contributed by atoms with van der Waals surface area (Å²) in [5.41, 5.74) is 3.31. The molecule has 8 heteroatoms. The third-order valence-corrected chi connectivity index (χ3v) is 6.22. The van der Waals surface area contributed by atoms with Crippen molar-refractivity contribution in [1.29, 1.82) is 0 Å². The van der Waals surface area contributed by atoms with Crippen molar-refractivity contribution in [3.63, 3.8) is 0 Å². The Morgan fingerprint density at radius 1 is 1.15 bits per heavy atom. The fourth-order valence-corrected chi connectivity index (χ4v) is 4.61. The van der Waals surface area contributed by atoms with Gasteiger partial charge in [-0.3, -0.25) is 14.0 Å². The average Bonchev–Trinajstić information content (AvgIpc) is 3.28. The van der Waals surface area contributed by atoms with Gasteiger partial charge >= 0.3 is 0 Å². The summed E-state index contributed by atoms with van der Waals surface area (Å²) < 4.78 is 7.33. The minimum absolute atomic E-state index is 0.0470. The molecule has 0 unspecified atom stereocenters. The first-order chi connectivity index (χ1) is 16.3. The molecule has 1 amide bonds. The number of benzene rings is 1. The molecule has 34 heavy (non-hydrogen) atoms. The normalized spacial score (nSPS) is 17.8. The van der Waals surface area contributed by atoms with Crippen molar-refractivity contribution in [2.45, 2.75) is 26.3 Å². The van der Waals surface area contributed by atoms with Gasteiger partial charge in [-0.25, -0.2) is 4.98 Å². The summed E-state index contributed by atoms with van der Waals surface area (Å²) in [7, 11) is 5.47. The zero-order valence-corrected chi connectivity index (χ0v) is 20.2. The Hall–Kier alpha value is -3.65. The van der Waals surface area contributed by atoms with Crippen LogP contribution in [-0.2, 0) is 9.59 Å². The lowest BCUT2D eigenvalue weighted by Crippen LogP contribution is -2.32. The number of rotatable bonds is 7. The smallest absolute Gasteiger partial charge is 0.295 e. The molecule has 2 aromatic heterocycles. The molecule has 1 aliphatic rings. The third kappa shape index (κ3) is 3.94. The number of aryl methyl sites for hydroxylation is 2. The largest absolute Gasteiger partial charge is 0.505 e. The summed E-state index contributed by atoms with van der Waals surface area (Å²) in [6, 6.07) is 10.3. The molecular weight excluding hydrogens is 432 g/mol. The lowest BCUT2D eigenvalue weighted by Gasteiger charge is -2.27. The monoisotopic (exact) mass is 462 g/mol. The standard InChI is InChI=1S/C26H30N4O4/c1-16-10-8-14-29-21(17(2)27-25(16)29)23(31)20-22(18-11-6-7-12-19(18)34-5)30(26(33)24(20)32)15-9-13-28(3)4/h6-8,10-12,14,22,31H,9,13,15H2,1-5H3/t22-/m1/s1. The van der Waals surface area contributed by atoms with E-state index in [0.717, 1.165) is 12.1 Å². The van der Waals surface area contributed by atoms with E-state index >= 15 is 0 Å². The second-order valence-electron chi connectivity index (χ2n) is 8.82. The zero-order chi connectivity index (χ0) is 24.6. The number of para-hydroxylation sites is 1. The van der Waals surface area contributed by atoms with Gasteiger partial charge in [0.25, 0.3) is 11.7 Å². The van der Waals surface area contributed by atoms with Gasteiger partial charge < -0.3 is 19.6 Å². The van der Waals surface area contributed by atoms with Crippen LogP contribution in [0.1, 0.15) is 35.0 Å². The molecule has 0 saturated carbocycles. The van der Waals surface area contributed by atoms with E-state index in [2.05, 4.69) is 4.98 Å². The van der Waals surface area contributed by atoms with Crippen LogP contribution in [0.2, 0.25) is 0 Å². The Labute approximate surface area is 199 Å². The summed E-state index contributed by atoms with van der Waals surface area (Å²) in [6.45, 7) is 4.84. The van der Waals surface area contributed by atoms with Crippen molar-refractivity contribution in [2.24, 2.45) is 0 Å². The van der Waals surface area contributed by atoms with E-state index < -0.39 is 17.7 Å². The van der Waals surface area contributed by atoms with Crippen LogP contribution >= 0.6 is 0 Å². The number of ether oxygens (including phenoxy) is 1. The van der Waals surface area contributed by atoms with Crippen LogP contribution in [0, 0.1) is 13.8 Å². The van der Waals surface area contributed by atoms with E-state index in [1.165, 1.54) is 0 Å². The van der Waals surface area contributed by atoms with Crippen LogP contribution in [0.15, 0.2) is 48.2 Å². The molecule has 0 radical (unpaired) electrons. The number of amides is 1. The summed E-state index contributed by atoms with van der Waals surface area (Å²) in [5.74, 6) is -1.03. The van der Waals surface area contributed by atoms with Crippen molar-refractivity contribution in [2.75, 3.05) is 34.3 Å². The van der Waals surface area contributed by atoms with Crippen LogP contribution < -0.4 is 4.74 Å². The minimum atomic E-state index is -0.770. The number of nitrogens with zero attached hydrogens (tertiary/aromatic N) is 4. The molecule has 0 spiro atoms. The van der Waals surface area contributed by atoms with E-state index in [0.29, 0.717) is 41.3 Å². The van der Waals surface area contributed by atoms with Crippen molar-refractivity contribution in [3.8, 4) is 5.75 Å². The van der Waals surface area contributed by atoms with Gasteiger partial charge in [-0.15, -0.1) is 0 Å². The molecule has 1 saturated heterocycles. The Morgan fingerprint density at radius 3 is 2.59 bits per heavy atom. The number of Topliss-reactive ketones (excluding diaryl/α,β-unsaturated/α-hetero) is 1. The molecule has 1 aromatic carbocycles. The molecule has 4 rings (SSSR count). The number of carbonyl (C=O) groups excluding carboxylic acids is 2. The number of aliphatic hydroxyl groups excluding tert-OH is 1. The number of aromatic nitrogens is 2. The molecule has 8 nitrogen and oxygen atoms in total. The fraction of sp³-hybridized carbons (Fsp3) is 0.346. The maximum Gasteiger partial charge on any atom is 0.295 e. The van der Waals surface area contributed by atoms with Gasteiger partial charge in [0.2, 0.25) is 0 Å². The Morgan fingerprint density at radius 2 is 1.88 bits per heavy atom. The highest BCUT2D eigenvalue weighted by Gasteiger charge is 2.47. The van der Waals surface area contributed by atoms with E-state index in [4.69, 9.17) is 4.74 Å². The molecule has 0 aliphatic carbocycles. The van der Waals surface area contributed by atoms with Gasteiger partial charge in [0.15, 0.2) is 5.76 Å². The molecule has 1 fully saturated rings. The molecule has 1 atom stereocenters. The van der Waals surface area contributed by atoms with E-state index in [-0.39, 0.29) is 11.3 Å². The van der Waals surface area contributed by atoms with Gasteiger partial charge in [-0.05, 0) is 58.6 Å². The van der Waals surface area contributed by atoms with Gasteiger partial charge in [0.1, 0.15) is 17.1 Å². The first-order valence-electron chi connectivity index (χ1n) is 11.3. The molecule has 3 heterocycles. The highest BCUT2D eigenvalue weighted by molar-refractivity contribution is 6.46. The van der Waals surface area contributed by atoms with Gasteiger partial charge in [0, 0.05) is 18.3 Å². The number of ketones is 1. The summed E-state index contributed by atoms with van der Waals surface area (Å²) >= 11 is 0. The van der Waals surface area contributed by atoms with Gasteiger partial charge in [0.05, 0.1) is 24.4 Å². The fourth-order valence-electron chi connectivity index (χ4n) is 4.61. The van der Waals surface area contributed by atoms with Crippen LogP contribution in [-0.4, -0.2) is 70.3 Å². The SMILES string of the molecule is COc1ccccc1[C@@H]1C(=C(O)c2c(C)nc3c(C)cccn23)C(=O)C(=O)N1CCCN(C)C. The second kappa shape index (κ2) is 9.30. The lowest BCUT2D eigenvalue weighted by molar-refractivity contribution is -0.140. The van der Waals surface area contributed by atoms with Gasteiger partial charge in [-0.1, -0.05) is 24.3 Å². The van der Waals surface area contributed by atoms with E-state index in [1.54, 1.807) is 35.6 Å². The van der Waals surface area contributed by atoms with E-state index in [9.17, 15) is 14.7 Å². The number of hydrogen-bond acceptors (Lipinski definition) is 6. The van der Waals surface area contributed by atoms with Crippen LogP contribution in [0.3, 0.4) is 0 Å². The predicted octanol–water partition coefficient (Wildman–Crippen LogP) is 3.33. The highest BCUT2D eigenvalue weighted by atomic mass is 16.5. The number of carbonyl (C=O) groups is 2. The molecule has 1 N–H and O–H groups in total. The number of aliphatic hydroxyl groups is 1. The van der Waals surface area contributed by atoms with Crippen molar-refractivity contribution < 1.29 is 19.4 Å². The quantitative estimate of drug-likeness (QED) is 0.329. The van der Waals surface area contributed by atoms with Crippen LogP contribution in [0.4, 0.5) is 0 Å². The number of hydrogen-bond donors (Lipinski definition) is 1. The number of imidazole rings is 1. The number of likely N-dealkylation sites (tertiary alicyclic amines) is 1. The summed E-state index contributed by atoms with van der Waals surface area (Å²) in [6.07, 6.45) is 2.47. The first kappa shape index (κ1) is 23.5. The molecule has 1 aliphatic heterocycles. The maximum absolute atomic E-state index is 13.4. The lowest BCUT2D eigenvalue weighted by atomic mass is 9.95. The van der Waals surface area contributed by atoms with Crippen molar-refractivity contribution in [3.05, 3.63) is 70.7 Å². The summed E-state index contributed by atoms with van der Waals surface area (Å²) in [4.78, 5) is 34.7. The minimum Gasteiger partial charge on any atom is -0.505 e. The third-order valence-electron chi connectivity index (χ3n) is 6.22. The van der Waals surface area contributed by atoms with Crippen molar-refractivity contribution >= 4 is 23.1 Å². The number of fused-ring (bicyclic) bond motifs is 1. The maximum atomic E-state index is 13.4. The molecular formula is C26H30N4O4. The van der Waals surface area contributed by atoms with E-state index in [1.807, 2.05) is 56.3 Å². The van der Waals surface area contributed by atoms with Crippen molar-refractivity contribution in [1.82, 2.24) is 19.2 Å². The topological polar surface area (TPSA) is 87.4 Å². The Balaban J connectivity index is 1.93. The average molecular weight is 463 g/mol. The number of pyridine rings is 1. The Bertz CT molecular complexity index is 1290. The van der Waals surface area contributed by atoms with Crippen LogP contribution in [0.25, 0.3) is 11.4 Å². The predicted molar refractivity (Wildman–Crippen MR) is 130 cm³/mol. The zero-order valence-electron chi connectivity index (χ0n) is 20.2. The Kier molecular flexibility index (Phi) is 6.43. The molecule has 178 valence electrons. The van der Waals surface area contributed by atoms with Gasteiger partial charge in [-0.2, -0.15) is 0 Å². The number of methoxy groups -OCH3 is 1. The summed E-state index contributed by atoms with van der Waals surface area (Å²) in [5, 5.41) is 11.6.